The summed E-state index contributed by atoms with van der Waals surface area (Å²) in [5.41, 5.74) is 6.84. The average Bonchev–Trinajstić information content (AvgIpc) is 3.15. The molecule has 4 nitrogen and oxygen atoms in total. The number of hydrogen-bond acceptors (Lipinski definition) is 3. The maximum atomic E-state index is 12.1. The van der Waals surface area contributed by atoms with Crippen LogP contribution in [0.4, 0.5) is 11.4 Å². The third-order valence-electron chi connectivity index (χ3n) is 3.28. The van der Waals surface area contributed by atoms with Crippen LogP contribution < -0.4 is 11.1 Å². The van der Waals surface area contributed by atoms with Crippen molar-refractivity contribution >= 4 is 28.9 Å². The molecule has 5 heteroatoms. The van der Waals surface area contributed by atoms with Crippen molar-refractivity contribution < 1.29 is 4.79 Å². The Morgan fingerprint density at radius 2 is 2.20 bits per heavy atom. The zero-order valence-corrected chi connectivity index (χ0v) is 12.8. The van der Waals surface area contributed by atoms with Crippen LogP contribution in [0.15, 0.2) is 18.2 Å². The van der Waals surface area contributed by atoms with Gasteiger partial charge in [0.2, 0.25) is 5.91 Å². The number of anilines is 2. The number of benzene rings is 1. The van der Waals surface area contributed by atoms with E-state index in [0.717, 1.165) is 6.54 Å². The molecular formula is C15H22ClN3O. The zero-order valence-electron chi connectivity index (χ0n) is 12.0. The summed E-state index contributed by atoms with van der Waals surface area (Å²) < 4.78 is 0. The summed E-state index contributed by atoms with van der Waals surface area (Å²) in [5, 5.41) is 3.33. The van der Waals surface area contributed by atoms with Gasteiger partial charge in [-0.25, -0.2) is 0 Å². The molecule has 3 N–H and O–H groups in total. The Kier molecular flexibility index (Phi) is 4.89. The predicted molar refractivity (Wildman–Crippen MR) is 83.9 cm³/mol. The van der Waals surface area contributed by atoms with Gasteiger partial charge in [0.25, 0.3) is 0 Å². The van der Waals surface area contributed by atoms with Crippen LogP contribution >= 0.6 is 11.6 Å². The maximum absolute atomic E-state index is 12.1. The van der Waals surface area contributed by atoms with Crippen LogP contribution in [-0.2, 0) is 4.79 Å². The van der Waals surface area contributed by atoms with Crippen molar-refractivity contribution in [3.05, 3.63) is 23.2 Å². The van der Waals surface area contributed by atoms with Crippen LogP contribution in [0.5, 0.6) is 0 Å². The molecule has 1 aliphatic carbocycles. The van der Waals surface area contributed by atoms with E-state index in [4.69, 9.17) is 17.3 Å². The summed E-state index contributed by atoms with van der Waals surface area (Å²) in [6, 6.07) is 5.68. The van der Waals surface area contributed by atoms with Crippen molar-refractivity contribution in [2.75, 3.05) is 24.1 Å². The summed E-state index contributed by atoms with van der Waals surface area (Å²) in [7, 11) is 0. The summed E-state index contributed by atoms with van der Waals surface area (Å²) in [5.74, 6) is 0.535. The average molecular weight is 296 g/mol. The molecule has 20 heavy (non-hydrogen) atoms. The fourth-order valence-electron chi connectivity index (χ4n) is 2.26. The van der Waals surface area contributed by atoms with Gasteiger partial charge in [-0.15, -0.1) is 0 Å². The summed E-state index contributed by atoms with van der Waals surface area (Å²) in [4.78, 5) is 14.4. The lowest BCUT2D eigenvalue weighted by Gasteiger charge is -2.23. The highest BCUT2D eigenvalue weighted by Gasteiger charge is 2.30. The van der Waals surface area contributed by atoms with Crippen LogP contribution in [0.1, 0.15) is 26.7 Å². The van der Waals surface area contributed by atoms with Gasteiger partial charge in [-0.05, 0) is 37.0 Å². The van der Waals surface area contributed by atoms with Gasteiger partial charge >= 0.3 is 0 Å². The lowest BCUT2D eigenvalue weighted by molar-refractivity contribution is -0.117. The van der Waals surface area contributed by atoms with Gasteiger partial charge in [0, 0.05) is 18.3 Å². The molecule has 1 amide bonds. The van der Waals surface area contributed by atoms with E-state index in [2.05, 4.69) is 24.1 Å². The molecule has 1 saturated carbocycles. The number of carbonyl (C=O) groups is 1. The lowest BCUT2D eigenvalue weighted by atomic mass is 10.2. The number of hydrogen-bond donors (Lipinski definition) is 2. The predicted octanol–water partition coefficient (Wildman–Crippen LogP) is 2.98. The van der Waals surface area contributed by atoms with Crippen molar-refractivity contribution in [2.24, 2.45) is 5.92 Å². The van der Waals surface area contributed by atoms with E-state index in [0.29, 0.717) is 34.9 Å². The third kappa shape index (κ3) is 4.39. The van der Waals surface area contributed by atoms with Crippen LogP contribution in [0.3, 0.4) is 0 Å². The smallest absolute Gasteiger partial charge is 0.238 e. The first kappa shape index (κ1) is 15.1. The standard InChI is InChI=1S/C15H22ClN3O/c1-10(2)8-19(12-4-5-12)9-15(20)18-14-6-3-11(17)7-13(14)16/h3,6-7,10,12H,4-5,8-9,17H2,1-2H3,(H,18,20). The molecule has 0 heterocycles. The molecule has 1 aliphatic rings. The fraction of sp³-hybridized carbons (Fsp3) is 0.533. The Morgan fingerprint density at radius 3 is 2.75 bits per heavy atom. The molecule has 2 rings (SSSR count). The largest absolute Gasteiger partial charge is 0.399 e. The van der Waals surface area contributed by atoms with E-state index in [-0.39, 0.29) is 5.91 Å². The minimum Gasteiger partial charge on any atom is -0.399 e. The topological polar surface area (TPSA) is 58.4 Å². The minimum atomic E-state index is -0.0239. The Morgan fingerprint density at radius 1 is 1.50 bits per heavy atom. The number of halogens is 1. The number of carbonyl (C=O) groups excluding carboxylic acids is 1. The Hall–Kier alpha value is -1.26. The fourth-order valence-corrected chi connectivity index (χ4v) is 2.49. The van der Waals surface area contributed by atoms with Crippen molar-refractivity contribution in [1.29, 1.82) is 0 Å². The molecule has 1 fully saturated rings. The highest BCUT2D eigenvalue weighted by Crippen LogP contribution is 2.28. The molecule has 1 aromatic rings. The Balaban J connectivity index is 1.93. The Labute approximate surface area is 125 Å². The molecule has 0 atom stereocenters. The van der Waals surface area contributed by atoms with Gasteiger partial charge in [0.05, 0.1) is 17.3 Å². The monoisotopic (exact) mass is 295 g/mol. The minimum absolute atomic E-state index is 0.0239. The summed E-state index contributed by atoms with van der Waals surface area (Å²) >= 11 is 6.06. The first-order chi connectivity index (χ1) is 9.45. The van der Waals surface area contributed by atoms with Gasteiger partial charge in [-0.1, -0.05) is 25.4 Å². The normalized spacial score (nSPS) is 14.8. The second kappa shape index (κ2) is 6.46. The van der Waals surface area contributed by atoms with Crippen molar-refractivity contribution in [1.82, 2.24) is 4.90 Å². The second-order valence-electron chi connectivity index (χ2n) is 5.84. The highest BCUT2D eigenvalue weighted by atomic mass is 35.5. The number of amides is 1. The SMILES string of the molecule is CC(C)CN(CC(=O)Nc1ccc(N)cc1Cl)C1CC1. The Bertz CT molecular complexity index is 486. The summed E-state index contributed by atoms with van der Waals surface area (Å²) in [6.07, 6.45) is 2.39. The molecule has 0 aromatic heterocycles. The van der Waals surface area contributed by atoms with Crippen molar-refractivity contribution in [3.63, 3.8) is 0 Å². The molecular weight excluding hydrogens is 274 g/mol. The maximum Gasteiger partial charge on any atom is 0.238 e. The van der Waals surface area contributed by atoms with Gasteiger partial charge in [0.15, 0.2) is 0 Å². The molecule has 110 valence electrons. The molecule has 0 bridgehead atoms. The van der Waals surface area contributed by atoms with Crippen LogP contribution in [-0.4, -0.2) is 29.9 Å². The first-order valence-electron chi connectivity index (χ1n) is 7.04. The van der Waals surface area contributed by atoms with E-state index in [9.17, 15) is 4.79 Å². The quantitative estimate of drug-likeness (QED) is 0.793. The number of nitrogens with one attached hydrogen (secondary N) is 1. The third-order valence-corrected chi connectivity index (χ3v) is 3.59. The number of rotatable bonds is 6. The van der Waals surface area contributed by atoms with Gasteiger partial charge in [-0.3, -0.25) is 9.69 Å². The van der Waals surface area contributed by atoms with Crippen molar-refractivity contribution in [3.8, 4) is 0 Å². The molecule has 0 saturated heterocycles. The van der Waals surface area contributed by atoms with Gasteiger partial charge < -0.3 is 11.1 Å². The van der Waals surface area contributed by atoms with Crippen LogP contribution in [0, 0.1) is 5.92 Å². The molecule has 0 unspecified atom stereocenters. The molecule has 0 aliphatic heterocycles. The van der Waals surface area contributed by atoms with Crippen LogP contribution in [0.25, 0.3) is 0 Å². The van der Waals surface area contributed by atoms with E-state index in [1.165, 1.54) is 12.8 Å². The first-order valence-corrected chi connectivity index (χ1v) is 7.42. The van der Waals surface area contributed by atoms with E-state index in [1.54, 1.807) is 18.2 Å². The highest BCUT2D eigenvalue weighted by molar-refractivity contribution is 6.34. The van der Waals surface area contributed by atoms with Crippen molar-refractivity contribution in [2.45, 2.75) is 32.7 Å². The van der Waals surface area contributed by atoms with E-state index < -0.39 is 0 Å². The van der Waals surface area contributed by atoms with E-state index >= 15 is 0 Å². The van der Waals surface area contributed by atoms with E-state index in [1.807, 2.05) is 0 Å². The molecule has 1 aromatic carbocycles. The second-order valence-corrected chi connectivity index (χ2v) is 6.25. The number of nitrogens with two attached hydrogens (primary N) is 1. The van der Waals surface area contributed by atoms with Gasteiger partial charge in [0.1, 0.15) is 0 Å². The zero-order chi connectivity index (χ0) is 14.7. The number of nitrogen functional groups attached to an aromatic ring is 1. The molecule has 0 spiro atoms. The van der Waals surface area contributed by atoms with Crippen LogP contribution in [0.2, 0.25) is 5.02 Å². The number of nitrogens with zero attached hydrogens (tertiary/aromatic N) is 1. The summed E-state index contributed by atoms with van der Waals surface area (Å²) in [6.45, 7) is 5.71. The molecule has 0 radical (unpaired) electrons. The lowest BCUT2D eigenvalue weighted by Crippen LogP contribution is -2.37. The van der Waals surface area contributed by atoms with Gasteiger partial charge in [-0.2, -0.15) is 0 Å².